The van der Waals surface area contributed by atoms with Gasteiger partial charge in [0.25, 0.3) is 0 Å². The summed E-state index contributed by atoms with van der Waals surface area (Å²) in [6.45, 7) is 2.38. The normalized spacial score (nSPS) is 33.5. The van der Waals surface area contributed by atoms with Crippen LogP contribution in [0.4, 0.5) is 4.79 Å². The highest BCUT2D eigenvalue weighted by molar-refractivity contribution is 5.78. The summed E-state index contributed by atoms with van der Waals surface area (Å²) in [5, 5.41) is 2.44. The number of rotatable bonds is 4. The molecule has 2 fully saturated rings. The molecule has 0 aromatic carbocycles. The highest BCUT2D eigenvalue weighted by Crippen LogP contribution is 2.43. The summed E-state index contributed by atoms with van der Waals surface area (Å²) in [6, 6.07) is -1.04. The van der Waals surface area contributed by atoms with Crippen molar-refractivity contribution in [1.82, 2.24) is 5.32 Å². The van der Waals surface area contributed by atoms with Crippen LogP contribution in [-0.2, 0) is 38.1 Å². The third kappa shape index (κ3) is 3.58. The van der Waals surface area contributed by atoms with Crippen LogP contribution in [0.2, 0.25) is 0 Å². The summed E-state index contributed by atoms with van der Waals surface area (Å²) in [5.41, 5.74) is 0. The number of nitrogens with one attached hydrogen (secondary N) is 1. The van der Waals surface area contributed by atoms with Gasteiger partial charge in [-0.1, -0.05) is 0 Å². The van der Waals surface area contributed by atoms with E-state index in [-0.39, 0.29) is 0 Å². The van der Waals surface area contributed by atoms with Crippen molar-refractivity contribution in [1.29, 1.82) is 0 Å². The van der Waals surface area contributed by atoms with Gasteiger partial charge in [0.15, 0.2) is 6.10 Å². The van der Waals surface area contributed by atoms with E-state index in [4.69, 9.17) is 18.9 Å². The van der Waals surface area contributed by atoms with Crippen molar-refractivity contribution >= 4 is 24.0 Å². The average Bonchev–Trinajstić information content (AvgIpc) is 3.29. The molecule has 0 unspecified atom stereocenters. The van der Waals surface area contributed by atoms with Crippen LogP contribution in [0.1, 0.15) is 13.8 Å². The number of epoxide rings is 1. The number of carbonyl (C=O) groups is 4. The molecule has 24 heavy (non-hydrogen) atoms. The van der Waals surface area contributed by atoms with Crippen molar-refractivity contribution in [3.05, 3.63) is 0 Å². The molecule has 10 nitrogen and oxygen atoms in total. The van der Waals surface area contributed by atoms with Crippen molar-refractivity contribution in [3.63, 3.8) is 0 Å². The van der Waals surface area contributed by atoms with Gasteiger partial charge in [0.1, 0.15) is 24.2 Å². The quantitative estimate of drug-likeness (QED) is 0.393. The lowest BCUT2D eigenvalue weighted by Crippen LogP contribution is -2.62. The van der Waals surface area contributed by atoms with Crippen LogP contribution >= 0.6 is 0 Å². The molecule has 1 N–H and O–H groups in total. The first-order chi connectivity index (χ1) is 11.3. The number of ether oxygens (including phenoxy) is 5. The molecule has 0 spiro atoms. The smallest absolute Gasteiger partial charge is 0.407 e. The third-order valence-electron chi connectivity index (χ3n) is 3.85. The molecule has 0 aromatic rings. The first-order valence-electron chi connectivity index (χ1n) is 7.22. The Labute approximate surface area is 137 Å². The van der Waals surface area contributed by atoms with Crippen LogP contribution in [0.3, 0.4) is 0 Å². The molecular formula is C14H19NO9. The highest BCUT2D eigenvalue weighted by atomic mass is 16.7. The van der Waals surface area contributed by atoms with Crippen LogP contribution < -0.4 is 5.32 Å². The number of hydrogen-bond acceptors (Lipinski definition) is 9. The van der Waals surface area contributed by atoms with Gasteiger partial charge in [-0.15, -0.1) is 0 Å². The summed E-state index contributed by atoms with van der Waals surface area (Å²) in [6.07, 6.45) is -4.00. The van der Waals surface area contributed by atoms with Gasteiger partial charge in [-0.2, -0.15) is 0 Å². The average molecular weight is 345 g/mol. The zero-order valence-electron chi connectivity index (χ0n) is 13.6. The van der Waals surface area contributed by atoms with E-state index in [1.54, 1.807) is 0 Å². The van der Waals surface area contributed by atoms with E-state index < -0.39 is 60.4 Å². The van der Waals surface area contributed by atoms with E-state index in [2.05, 4.69) is 10.1 Å². The van der Waals surface area contributed by atoms with Gasteiger partial charge in [-0.3, -0.25) is 14.4 Å². The van der Waals surface area contributed by atoms with Crippen molar-refractivity contribution < 1.29 is 42.9 Å². The molecule has 0 radical (unpaired) electrons. The fourth-order valence-electron chi connectivity index (χ4n) is 2.93. The summed E-state index contributed by atoms with van der Waals surface area (Å²) >= 11 is 0. The highest BCUT2D eigenvalue weighted by Gasteiger charge is 2.66. The number of amides is 1. The second-order valence-electron chi connectivity index (χ2n) is 5.42. The Morgan fingerprint density at radius 1 is 0.875 bits per heavy atom. The fourth-order valence-corrected chi connectivity index (χ4v) is 2.93. The van der Waals surface area contributed by atoms with Crippen LogP contribution in [0, 0.1) is 5.92 Å². The van der Waals surface area contributed by atoms with Gasteiger partial charge in [0.2, 0.25) is 0 Å². The lowest BCUT2D eigenvalue weighted by Gasteiger charge is -2.37. The van der Waals surface area contributed by atoms with Gasteiger partial charge in [0, 0.05) is 13.8 Å². The zero-order chi connectivity index (χ0) is 18.0. The van der Waals surface area contributed by atoms with Gasteiger partial charge in [0.05, 0.1) is 20.3 Å². The second-order valence-corrected chi connectivity index (χ2v) is 5.42. The van der Waals surface area contributed by atoms with E-state index in [9.17, 15) is 19.2 Å². The van der Waals surface area contributed by atoms with E-state index in [0.29, 0.717) is 0 Å². The molecule has 2 rings (SSSR count). The summed E-state index contributed by atoms with van der Waals surface area (Å²) < 4.78 is 25.1. The number of fused-ring (bicyclic) bond motifs is 1. The molecular weight excluding hydrogens is 326 g/mol. The Balaban J connectivity index is 2.36. The van der Waals surface area contributed by atoms with E-state index in [1.807, 2.05) is 0 Å². The number of carbonyl (C=O) groups excluding carboxylic acids is 4. The van der Waals surface area contributed by atoms with Crippen LogP contribution in [0.5, 0.6) is 0 Å². The molecule has 1 amide bonds. The number of esters is 3. The van der Waals surface area contributed by atoms with Crippen LogP contribution in [0.15, 0.2) is 0 Å². The van der Waals surface area contributed by atoms with Gasteiger partial charge in [-0.05, 0) is 0 Å². The molecule has 0 aromatic heterocycles. The van der Waals surface area contributed by atoms with Crippen molar-refractivity contribution in [2.45, 2.75) is 44.3 Å². The van der Waals surface area contributed by atoms with Crippen LogP contribution in [-0.4, -0.2) is 68.7 Å². The van der Waals surface area contributed by atoms with E-state index >= 15 is 0 Å². The Morgan fingerprint density at radius 2 is 1.42 bits per heavy atom. The van der Waals surface area contributed by atoms with E-state index in [0.717, 1.165) is 14.2 Å². The predicted molar refractivity (Wildman–Crippen MR) is 74.6 cm³/mol. The Hall–Kier alpha value is -2.36. The maximum Gasteiger partial charge on any atom is 0.407 e. The third-order valence-corrected chi connectivity index (χ3v) is 3.85. The summed E-state index contributed by atoms with van der Waals surface area (Å²) in [7, 11) is 2.30. The standard InChI is InChI=1S/C14H19NO9/c1-5(16)22-9-7(13(18)20-3)8(15-14(19)21-4)10(23-6(2)17)12-11(9)24-12/h7-12H,1-4H3,(H,15,19)/t7-,8+,9+,10+,11+,12-/m0/s1. The molecule has 1 heterocycles. The summed E-state index contributed by atoms with van der Waals surface area (Å²) in [4.78, 5) is 46.6. The predicted octanol–water partition coefficient (Wildman–Crippen LogP) is -0.855. The molecule has 6 atom stereocenters. The monoisotopic (exact) mass is 345 g/mol. The lowest BCUT2D eigenvalue weighted by atomic mass is 9.79. The van der Waals surface area contributed by atoms with Crippen molar-refractivity contribution in [2.75, 3.05) is 14.2 Å². The van der Waals surface area contributed by atoms with Gasteiger partial charge >= 0.3 is 24.0 Å². The largest absolute Gasteiger partial charge is 0.469 e. The Morgan fingerprint density at radius 3 is 1.92 bits per heavy atom. The van der Waals surface area contributed by atoms with Gasteiger partial charge in [-0.25, -0.2) is 4.79 Å². The summed E-state index contributed by atoms with van der Waals surface area (Å²) in [5.74, 6) is -3.09. The number of hydrogen-bond donors (Lipinski definition) is 1. The fraction of sp³-hybridized carbons (Fsp3) is 0.714. The minimum atomic E-state index is -1.12. The topological polar surface area (TPSA) is 130 Å². The lowest BCUT2D eigenvalue weighted by molar-refractivity contribution is -0.170. The molecule has 1 saturated heterocycles. The SMILES string of the molecule is COC(=O)N[C@H]1[C@@H](OC(C)=O)[C@@H]2O[C@@H]2[C@H](OC(C)=O)[C@H]1C(=O)OC. The first-order valence-corrected chi connectivity index (χ1v) is 7.22. The van der Waals surface area contributed by atoms with Crippen LogP contribution in [0.25, 0.3) is 0 Å². The minimum Gasteiger partial charge on any atom is -0.469 e. The molecule has 0 bridgehead atoms. The Kier molecular flexibility index (Phi) is 5.27. The minimum absolute atomic E-state index is 0.610. The van der Waals surface area contributed by atoms with Crippen molar-refractivity contribution in [3.8, 4) is 0 Å². The molecule has 134 valence electrons. The molecule has 1 aliphatic carbocycles. The molecule has 2 aliphatic rings. The van der Waals surface area contributed by atoms with Gasteiger partial charge < -0.3 is 29.0 Å². The first kappa shape index (κ1) is 18.0. The van der Waals surface area contributed by atoms with E-state index in [1.165, 1.54) is 13.8 Å². The maximum atomic E-state index is 12.2. The molecule has 1 saturated carbocycles. The van der Waals surface area contributed by atoms with Crippen molar-refractivity contribution in [2.24, 2.45) is 5.92 Å². The maximum absolute atomic E-state index is 12.2. The Bertz CT molecular complexity index is 548. The number of methoxy groups -OCH3 is 2. The number of alkyl carbamates (subject to hydrolysis) is 1. The second kappa shape index (κ2) is 7.04. The zero-order valence-corrected chi connectivity index (χ0v) is 13.6. The molecule has 1 aliphatic heterocycles. The molecule has 10 heteroatoms.